The molecule has 2 heterocycles. The first-order valence-electron chi connectivity index (χ1n) is 6.84. The molecule has 3 rings (SSSR count). The molecule has 0 radical (unpaired) electrons. The summed E-state index contributed by atoms with van der Waals surface area (Å²) in [4.78, 5) is 22.7. The molecule has 0 aliphatic carbocycles. The average molecular weight is 296 g/mol. The largest absolute Gasteiger partial charge is 0.326 e. The van der Waals surface area contributed by atoms with Gasteiger partial charge in [0, 0.05) is 18.8 Å². The van der Waals surface area contributed by atoms with Gasteiger partial charge in [0.15, 0.2) is 5.82 Å². The average Bonchev–Trinajstić information content (AvgIpc) is 2.82. The number of nitrogens with one attached hydrogen (secondary N) is 2. The first-order chi connectivity index (χ1) is 10.5. The SMILES string of the molecule is C/C(=N/Nc1nc(C)cc(=O)[nH]1)c1nc2ccccc2n1C. The van der Waals surface area contributed by atoms with E-state index in [9.17, 15) is 4.79 Å². The van der Waals surface area contributed by atoms with Crippen molar-refractivity contribution >= 4 is 22.7 Å². The van der Waals surface area contributed by atoms with E-state index in [1.807, 2.05) is 42.8 Å². The summed E-state index contributed by atoms with van der Waals surface area (Å²) in [6.45, 7) is 3.60. The fourth-order valence-corrected chi connectivity index (χ4v) is 2.29. The van der Waals surface area contributed by atoms with Crippen LogP contribution < -0.4 is 11.0 Å². The Morgan fingerprint density at radius 3 is 2.82 bits per heavy atom. The zero-order chi connectivity index (χ0) is 15.7. The maximum absolute atomic E-state index is 11.4. The number of nitrogens with zero attached hydrogens (tertiary/aromatic N) is 4. The monoisotopic (exact) mass is 296 g/mol. The smallest absolute Gasteiger partial charge is 0.252 e. The summed E-state index contributed by atoms with van der Waals surface area (Å²) in [5.74, 6) is 1.06. The molecule has 3 aromatic rings. The Hall–Kier alpha value is -2.96. The highest BCUT2D eigenvalue weighted by atomic mass is 16.1. The molecule has 7 nitrogen and oxygen atoms in total. The second-order valence-electron chi connectivity index (χ2n) is 5.03. The molecule has 2 N–H and O–H groups in total. The topological polar surface area (TPSA) is 88.0 Å². The minimum absolute atomic E-state index is 0.217. The molecular weight excluding hydrogens is 280 g/mol. The fourth-order valence-electron chi connectivity index (χ4n) is 2.29. The maximum atomic E-state index is 11.4. The molecule has 0 aliphatic rings. The summed E-state index contributed by atoms with van der Waals surface area (Å²) < 4.78 is 1.97. The minimum Gasteiger partial charge on any atom is -0.326 e. The molecule has 0 amide bonds. The molecule has 0 saturated carbocycles. The van der Waals surface area contributed by atoms with Gasteiger partial charge in [-0.3, -0.25) is 9.78 Å². The van der Waals surface area contributed by atoms with Gasteiger partial charge in [-0.1, -0.05) is 12.1 Å². The van der Waals surface area contributed by atoms with Crippen LogP contribution in [0.1, 0.15) is 18.4 Å². The Bertz CT molecular complexity index is 921. The Labute approximate surface area is 126 Å². The predicted octanol–water partition coefficient (Wildman–Crippen LogP) is 1.80. The zero-order valence-corrected chi connectivity index (χ0v) is 12.6. The van der Waals surface area contributed by atoms with Crippen LogP contribution in [-0.4, -0.2) is 25.2 Å². The molecule has 0 spiro atoms. The standard InChI is InChI=1S/C15H16N6O/c1-9-8-13(22)18-15(16-9)20-19-10(2)14-17-11-6-4-5-7-12(11)21(14)3/h4-8H,1-3H3,(H2,16,18,20,22)/b19-10-. The first-order valence-corrected chi connectivity index (χ1v) is 6.84. The van der Waals surface area contributed by atoms with Crippen molar-refractivity contribution in [3.63, 3.8) is 0 Å². The number of fused-ring (bicyclic) bond motifs is 1. The quantitative estimate of drug-likeness (QED) is 0.570. The number of benzene rings is 1. The van der Waals surface area contributed by atoms with Crippen molar-refractivity contribution in [2.75, 3.05) is 5.43 Å². The normalized spacial score (nSPS) is 11.9. The van der Waals surface area contributed by atoms with Crippen LogP contribution in [0.4, 0.5) is 5.95 Å². The van der Waals surface area contributed by atoms with E-state index in [2.05, 4.69) is 25.5 Å². The molecule has 7 heteroatoms. The van der Waals surface area contributed by atoms with E-state index in [1.54, 1.807) is 6.92 Å². The number of imidazole rings is 1. The Morgan fingerprint density at radius 1 is 1.32 bits per heavy atom. The lowest BCUT2D eigenvalue weighted by molar-refractivity contribution is 0.925. The number of hydrogen-bond acceptors (Lipinski definition) is 5. The maximum Gasteiger partial charge on any atom is 0.252 e. The molecule has 112 valence electrons. The van der Waals surface area contributed by atoms with Crippen LogP contribution >= 0.6 is 0 Å². The van der Waals surface area contributed by atoms with E-state index >= 15 is 0 Å². The Kier molecular flexibility index (Phi) is 3.46. The van der Waals surface area contributed by atoms with Gasteiger partial charge in [-0.2, -0.15) is 5.10 Å². The summed E-state index contributed by atoms with van der Waals surface area (Å²) in [6.07, 6.45) is 0. The number of hydrazone groups is 1. The summed E-state index contributed by atoms with van der Waals surface area (Å²) in [5.41, 5.74) is 5.82. The molecular formula is C15H16N6O. The van der Waals surface area contributed by atoms with Crippen molar-refractivity contribution in [1.29, 1.82) is 0 Å². The number of H-pyrrole nitrogens is 1. The molecule has 0 aliphatic heterocycles. The minimum atomic E-state index is -0.217. The van der Waals surface area contributed by atoms with Crippen molar-refractivity contribution in [2.45, 2.75) is 13.8 Å². The van der Waals surface area contributed by atoms with Crippen LogP contribution in [-0.2, 0) is 7.05 Å². The molecule has 1 aromatic carbocycles. The van der Waals surface area contributed by atoms with Crippen LogP contribution in [0, 0.1) is 6.92 Å². The number of rotatable bonds is 3. The van der Waals surface area contributed by atoms with Gasteiger partial charge in [0.1, 0.15) is 5.71 Å². The lowest BCUT2D eigenvalue weighted by Crippen LogP contribution is -2.12. The van der Waals surface area contributed by atoms with E-state index in [4.69, 9.17) is 0 Å². The number of aryl methyl sites for hydroxylation is 2. The van der Waals surface area contributed by atoms with Crippen molar-refractivity contribution in [3.05, 3.63) is 52.2 Å². The van der Waals surface area contributed by atoms with Crippen LogP contribution in [0.5, 0.6) is 0 Å². The van der Waals surface area contributed by atoms with Crippen molar-refractivity contribution in [3.8, 4) is 0 Å². The third kappa shape index (κ3) is 2.60. The number of aromatic amines is 1. The molecule has 0 saturated heterocycles. The van der Waals surface area contributed by atoms with Gasteiger partial charge in [-0.05, 0) is 26.0 Å². The van der Waals surface area contributed by atoms with Gasteiger partial charge in [0.25, 0.3) is 5.56 Å². The third-order valence-corrected chi connectivity index (χ3v) is 3.31. The summed E-state index contributed by atoms with van der Waals surface area (Å²) in [6, 6.07) is 9.31. The predicted molar refractivity (Wildman–Crippen MR) is 86.1 cm³/mol. The third-order valence-electron chi connectivity index (χ3n) is 3.31. The Morgan fingerprint density at radius 2 is 2.09 bits per heavy atom. The zero-order valence-electron chi connectivity index (χ0n) is 12.6. The van der Waals surface area contributed by atoms with Gasteiger partial charge < -0.3 is 4.57 Å². The number of hydrogen-bond donors (Lipinski definition) is 2. The number of aromatic nitrogens is 4. The van der Waals surface area contributed by atoms with Crippen molar-refractivity contribution < 1.29 is 0 Å². The van der Waals surface area contributed by atoms with Gasteiger partial charge >= 0.3 is 0 Å². The molecule has 0 unspecified atom stereocenters. The van der Waals surface area contributed by atoms with Crippen LogP contribution in [0.15, 0.2) is 40.2 Å². The molecule has 0 bridgehead atoms. The second kappa shape index (κ2) is 5.44. The Balaban J connectivity index is 1.93. The van der Waals surface area contributed by atoms with Gasteiger partial charge in [-0.15, -0.1) is 0 Å². The summed E-state index contributed by atoms with van der Waals surface area (Å²) >= 11 is 0. The van der Waals surface area contributed by atoms with E-state index < -0.39 is 0 Å². The van der Waals surface area contributed by atoms with Gasteiger partial charge in [-0.25, -0.2) is 15.4 Å². The molecule has 22 heavy (non-hydrogen) atoms. The number of anilines is 1. The van der Waals surface area contributed by atoms with Crippen LogP contribution in [0.3, 0.4) is 0 Å². The van der Waals surface area contributed by atoms with E-state index in [0.717, 1.165) is 16.9 Å². The van der Waals surface area contributed by atoms with Gasteiger partial charge in [0.2, 0.25) is 5.95 Å². The van der Waals surface area contributed by atoms with E-state index in [-0.39, 0.29) is 5.56 Å². The summed E-state index contributed by atoms with van der Waals surface area (Å²) in [5, 5.41) is 4.25. The second-order valence-corrected chi connectivity index (χ2v) is 5.03. The van der Waals surface area contributed by atoms with Gasteiger partial charge in [0.05, 0.1) is 11.0 Å². The summed E-state index contributed by atoms with van der Waals surface area (Å²) in [7, 11) is 1.94. The van der Waals surface area contributed by atoms with Crippen LogP contribution in [0.2, 0.25) is 0 Å². The van der Waals surface area contributed by atoms with Crippen molar-refractivity contribution in [1.82, 2.24) is 19.5 Å². The highest BCUT2D eigenvalue weighted by molar-refractivity contribution is 5.98. The molecule has 0 atom stereocenters. The highest BCUT2D eigenvalue weighted by Crippen LogP contribution is 2.14. The highest BCUT2D eigenvalue weighted by Gasteiger charge is 2.09. The van der Waals surface area contributed by atoms with Crippen LogP contribution in [0.25, 0.3) is 11.0 Å². The van der Waals surface area contributed by atoms with Crippen molar-refractivity contribution in [2.24, 2.45) is 12.1 Å². The fraction of sp³-hybridized carbons (Fsp3) is 0.200. The molecule has 2 aromatic heterocycles. The first kappa shape index (κ1) is 14.0. The van der Waals surface area contributed by atoms with E-state index in [0.29, 0.717) is 17.4 Å². The number of para-hydroxylation sites is 2. The lowest BCUT2D eigenvalue weighted by atomic mass is 10.3. The molecule has 0 fully saturated rings. The van der Waals surface area contributed by atoms with E-state index in [1.165, 1.54) is 6.07 Å². The lowest BCUT2D eigenvalue weighted by Gasteiger charge is -2.03.